The van der Waals surface area contributed by atoms with Crippen LogP contribution in [0.15, 0.2) is 54.6 Å². The summed E-state index contributed by atoms with van der Waals surface area (Å²) in [6.07, 6.45) is 2.11. The van der Waals surface area contributed by atoms with E-state index >= 15 is 0 Å². The summed E-state index contributed by atoms with van der Waals surface area (Å²) in [4.78, 5) is 11.6. The number of nitrogens with zero attached hydrogens (tertiary/aromatic N) is 3. The van der Waals surface area contributed by atoms with Gasteiger partial charge >= 0.3 is 0 Å². The van der Waals surface area contributed by atoms with Crippen molar-refractivity contribution in [2.45, 2.75) is 33.2 Å². The van der Waals surface area contributed by atoms with Gasteiger partial charge in [-0.3, -0.25) is 0 Å². The first kappa shape index (κ1) is 16.6. The Labute approximate surface area is 154 Å². The van der Waals surface area contributed by atoms with Gasteiger partial charge in [-0.1, -0.05) is 43.3 Å². The molecule has 0 radical (unpaired) electrons. The van der Waals surface area contributed by atoms with Crippen molar-refractivity contribution in [1.82, 2.24) is 9.97 Å². The second-order valence-corrected chi connectivity index (χ2v) is 6.77. The Morgan fingerprint density at radius 2 is 1.77 bits per heavy atom. The fourth-order valence-corrected chi connectivity index (χ4v) is 3.44. The molecular formula is C22H24N4. The third-order valence-corrected chi connectivity index (χ3v) is 4.91. The lowest BCUT2D eigenvalue weighted by atomic mass is 10.00. The number of aromatic nitrogens is 2. The Hall–Kier alpha value is -2.88. The molecule has 0 amide bonds. The first-order chi connectivity index (χ1) is 12.7. The Morgan fingerprint density at radius 1 is 1.00 bits per heavy atom. The van der Waals surface area contributed by atoms with E-state index in [0.717, 1.165) is 49.1 Å². The maximum atomic E-state index is 4.67. The summed E-state index contributed by atoms with van der Waals surface area (Å²) in [5, 5.41) is 3.42. The number of anilines is 3. The van der Waals surface area contributed by atoms with Crippen molar-refractivity contribution in [3.63, 3.8) is 0 Å². The van der Waals surface area contributed by atoms with E-state index in [0.29, 0.717) is 0 Å². The van der Waals surface area contributed by atoms with E-state index in [2.05, 4.69) is 81.7 Å². The zero-order valence-corrected chi connectivity index (χ0v) is 15.4. The second kappa shape index (κ2) is 7.16. The highest BCUT2D eigenvalue weighted by molar-refractivity contribution is 5.60. The summed E-state index contributed by atoms with van der Waals surface area (Å²) in [5.74, 6) is 2.62. The third-order valence-electron chi connectivity index (χ3n) is 4.91. The highest BCUT2D eigenvalue weighted by atomic mass is 15.2. The van der Waals surface area contributed by atoms with Gasteiger partial charge in [0, 0.05) is 24.8 Å². The molecule has 132 valence electrons. The fourth-order valence-electron chi connectivity index (χ4n) is 3.44. The van der Waals surface area contributed by atoms with Gasteiger partial charge in [0.1, 0.15) is 17.5 Å². The lowest BCUT2D eigenvalue weighted by Gasteiger charge is -2.30. The van der Waals surface area contributed by atoms with Gasteiger partial charge in [-0.25, -0.2) is 9.97 Å². The van der Waals surface area contributed by atoms with Gasteiger partial charge in [-0.05, 0) is 48.6 Å². The number of hydrogen-bond donors (Lipinski definition) is 1. The normalized spacial score (nSPS) is 13.4. The number of hydrogen-bond acceptors (Lipinski definition) is 4. The van der Waals surface area contributed by atoms with Crippen LogP contribution >= 0.6 is 0 Å². The number of benzene rings is 2. The molecule has 4 rings (SSSR count). The zero-order chi connectivity index (χ0) is 17.9. The molecule has 0 aliphatic carbocycles. The molecule has 0 saturated carbocycles. The van der Waals surface area contributed by atoms with Crippen LogP contribution in [0.1, 0.15) is 29.4 Å². The Balaban J connectivity index is 1.56. The average Bonchev–Trinajstić information content (AvgIpc) is 2.68. The van der Waals surface area contributed by atoms with Crippen LogP contribution in [0.2, 0.25) is 0 Å². The van der Waals surface area contributed by atoms with E-state index in [1.165, 1.54) is 16.7 Å². The summed E-state index contributed by atoms with van der Waals surface area (Å²) >= 11 is 0. The molecule has 2 aromatic carbocycles. The molecule has 0 bridgehead atoms. The van der Waals surface area contributed by atoms with Crippen molar-refractivity contribution in [2.75, 3.05) is 16.8 Å². The maximum Gasteiger partial charge on any atom is 0.136 e. The van der Waals surface area contributed by atoms with Crippen LogP contribution in [0.4, 0.5) is 17.3 Å². The molecule has 2 heterocycles. The zero-order valence-electron chi connectivity index (χ0n) is 15.4. The average molecular weight is 344 g/mol. The van der Waals surface area contributed by atoms with Crippen molar-refractivity contribution in [3.8, 4) is 0 Å². The van der Waals surface area contributed by atoms with Gasteiger partial charge in [0.2, 0.25) is 0 Å². The lowest BCUT2D eigenvalue weighted by Crippen LogP contribution is -2.31. The summed E-state index contributed by atoms with van der Waals surface area (Å²) in [5.41, 5.74) is 5.22. The highest BCUT2D eigenvalue weighted by Gasteiger charge is 2.18. The summed E-state index contributed by atoms with van der Waals surface area (Å²) < 4.78 is 0. The van der Waals surface area contributed by atoms with Crippen LogP contribution in [0.5, 0.6) is 0 Å². The number of rotatable bonds is 4. The van der Waals surface area contributed by atoms with Crippen LogP contribution in [-0.2, 0) is 19.4 Å². The molecule has 3 aromatic rings. The van der Waals surface area contributed by atoms with Gasteiger partial charge < -0.3 is 10.2 Å². The minimum atomic E-state index is 0.786. The standard InChI is InChI=1S/C22H24N4/c1-3-17-8-10-20(11-9-17)25-21-14-22(24-16(2)23-21)26-13-12-18-6-4-5-7-19(18)15-26/h4-11,14H,3,12-13,15H2,1-2H3,(H,23,24,25). The molecule has 0 fully saturated rings. The first-order valence-corrected chi connectivity index (χ1v) is 9.24. The van der Waals surface area contributed by atoms with Crippen molar-refractivity contribution >= 4 is 17.3 Å². The van der Waals surface area contributed by atoms with E-state index in [4.69, 9.17) is 0 Å². The number of aryl methyl sites for hydroxylation is 2. The van der Waals surface area contributed by atoms with Crippen LogP contribution in [0.25, 0.3) is 0 Å². The quantitative estimate of drug-likeness (QED) is 0.748. The van der Waals surface area contributed by atoms with Gasteiger partial charge in [-0.15, -0.1) is 0 Å². The van der Waals surface area contributed by atoms with Crippen molar-refractivity contribution in [3.05, 3.63) is 77.1 Å². The van der Waals surface area contributed by atoms with E-state index in [9.17, 15) is 0 Å². The molecule has 1 aliphatic rings. The minimum Gasteiger partial charge on any atom is -0.352 e. The Bertz CT molecular complexity index is 902. The maximum absolute atomic E-state index is 4.67. The molecule has 26 heavy (non-hydrogen) atoms. The monoisotopic (exact) mass is 344 g/mol. The van der Waals surface area contributed by atoms with Gasteiger partial charge in [0.15, 0.2) is 0 Å². The van der Waals surface area contributed by atoms with E-state index in [1.54, 1.807) is 0 Å². The van der Waals surface area contributed by atoms with E-state index < -0.39 is 0 Å². The molecule has 0 unspecified atom stereocenters. The molecule has 0 atom stereocenters. The van der Waals surface area contributed by atoms with Crippen LogP contribution in [0, 0.1) is 6.92 Å². The van der Waals surface area contributed by atoms with Crippen LogP contribution < -0.4 is 10.2 Å². The molecular weight excluding hydrogens is 320 g/mol. The lowest BCUT2D eigenvalue weighted by molar-refractivity contribution is 0.717. The molecule has 4 nitrogen and oxygen atoms in total. The molecule has 0 saturated heterocycles. The largest absolute Gasteiger partial charge is 0.352 e. The SMILES string of the molecule is CCc1ccc(Nc2cc(N3CCc4ccccc4C3)nc(C)n2)cc1. The highest BCUT2D eigenvalue weighted by Crippen LogP contribution is 2.25. The topological polar surface area (TPSA) is 41.0 Å². The molecule has 1 aliphatic heterocycles. The second-order valence-electron chi connectivity index (χ2n) is 6.77. The van der Waals surface area contributed by atoms with Gasteiger partial charge in [0.05, 0.1) is 0 Å². The Morgan fingerprint density at radius 3 is 2.54 bits per heavy atom. The summed E-state index contributed by atoms with van der Waals surface area (Å²) in [6, 6.07) is 19.2. The Kier molecular flexibility index (Phi) is 4.57. The molecule has 4 heteroatoms. The number of nitrogens with one attached hydrogen (secondary N) is 1. The van der Waals surface area contributed by atoms with Crippen molar-refractivity contribution in [1.29, 1.82) is 0 Å². The minimum absolute atomic E-state index is 0.786. The van der Waals surface area contributed by atoms with Gasteiger partial charge in [-0.2, -0.15) is 0 Å². The molecule has 1 aromatic heterocycles. The first-order valence-electron chi connectivity index (χ1n) is 9.24. The third kappa shape index (κ3) is 3.54. The predicted octanol–water partition coefficient (Wildman–Crippen LogP) is 4.65. The summed E-state index contributed by atoms with van der Waals surface area (Å²) in [6.45, 7) is 6.00. The number of fused-ring (bicyclic) bond motifs is 1. The molecule has 0 spiro atoms. The van der Waals surface area contributed by atoms with Crippen molar-refractivity contribution in [2.24, 2.45) is 0 Å². The van der Waals surface area contributed by atoms with Crippen LogP contribution in [-0.4, -0.2) is 16.5 Å². The van der Waals surface area contributed by atoms with E-state index in [-0.39, 0.29) is 0 Å². The predicted molar refractivity (Wildman–Crippen MR) is 107 cm³/mol. The summed E-state index contributed by atoms with van der Waals surface area (Å²) in [7, 11) is 0. The molecule has 1 N–H and O–H groups in total. The fraction of sp³-hybridized carbons (Fsp3) is 0.273. The smallest absolute Gasteiger partial charge is 0.136 e. The van der Waals surface area contributed by atoms with Gasteiger partial charge in [0.25, 0.3) is 0 Å². The van der Waals surface area contributed by atoms with Crippen molar-refractivity contribution < 1.29 is 0 Å². The van der Waals surface area contributed by atoms with Crippen LogP contribution in [0.3, 0.4) is 0 Å². The van der Waals surface area contributed by atoms with E-state index in [1.807, 2.05) is 6.92 Å².